The number of benzene rings is 1. The van der Waals surface area contributed by atoms with Gasteiger partial charge in [0.25, 0.3) is 5.91 Å². The highest BCUT2D eigenvalue weighted by molar-refractivity contribution is 6.32. The first kappa shape index (κ1) is 23.8. The number of rotatable bonds is 9. The van der Waals surface area contributed by atoms with Crippen LogP contribution in [0.25, 0.3) is 0 Å². The number of hydrogen-bond acceptors (Lipinski definition) is 5. The number of piperidine rings is 1. The van der Waals surface area contributed by atoms with Crippen LogP contribution in [0.5, 0.6) is 11.5 Å². The smallest absolute Gasteiger partial charge is 0.251 e. The van der Waals surface area contributed by atoms with Crippen LogP contribution in [0.2, 0.25) is 5.02 Å². The molecule has 0 saturated carbocycles. The third-order valence-electron chi connectivity index (χ3n) is 4.68. The molecule has 1 fully saturated rings. The van der Waals surface area contributed by atoms with Crippen molar-refractivity contribution in [3.63, 3.8) is 0 Å². The van der Waals surface area contributed by atoms with Crippen molar-refractivity contribution in [1.29, 1.82) is 0 Å². The molecule has 6 nitrogen and oxygen atoms in total. The minimum atomic E-state index is -0.179. The maximum absolute atomic E-state index is 12.7. The van der Waals surface area contributed by atoms with E-state index in [0.717, 1.165) is 32.4 Å². The van der Waals surface area contributed by atoms with Gasteiger partial charge in [0.15, 0.2) is 11.5 Å². The predicted octanol–water partition coefficient (Wildman–Crippen LogP) is 3.31. The van der Waals surface area contributed by atoms with E-state index in [0.29, 0.717) is 41.8 Å². The van der Waals surface area contributed by atoms with Gasteiger partial charge in [-0.1, -0.05) is 18.5 Å². The summed E-state index contributed by atoms with van der Waals surface area (Å²) in [5, 5.41) is 6.75. The normalized spacial score (nSPS) is 15.6. The fraction of sp³-hybridized carbons (Fsp3) is 0.632. The summed E-state index contributed by atoms with van der Waals surface area (Å²) in [7, 11) is 3.24. The molecule has 1 heterocycles. The molecule has 2 rings (SSSR count). The van der Waals surface area contributed by atoms with Gasteiger partial charge in [0.1, 0.15) is 0 Å². The lowest BCUT2D eigenvalue weighted by Crippen LogP contribution is -2.47. The maximum Gasteiger partial charge on any atom is 0.251 e. The lowest BCUT2D eigenvalue weighted by Gasteiger charge is -2.37. The lowest BCUT2D eigenvalue weighted by atomic mass is 9.79. The number of carbonyl (C=O) groups excluding carboxylic acids is 1. The molecule has 2 N–H and O–H groups in total. The molecule has 154 valence electrons. The summed E-state index contributed by atoms with van der Waals surface area (Å²) in [6.45, 7) is 5.61. The summed E-state index contributed by atoms with van der Waals surface area (Å²) in [6, 6.07) is 3.29. The van der Waals surface area contributed by atoms with Gasteiger partial charge in [-0.15, -0.1) is 12.4 Å². The second-order valence-corrected chi connectivity index (χ2v) is 7.11. The standard InChI is InChI=1S/C19H29ClN2O4.ClH/c1-4-9-26-17-15(20)10-14(11-16(17)25-3)18(23)22-12-19(13-24-2)5-7-21-8-6-19;/h10-11,21H,4-9,12-13H2,1-3H3,(H,22,23);1H. The van der Waals surface area contributed by atoms with E-state index in [9.17, 15) is 4.79 Å². The number of amides is 1. The molecule has 0 spiro atoms. The van der Waals surface area contributed by atoms with E-state index in [2.05, 4.69) is 10.6 Å². The number of carbonyl (C=O) groups is 1. The van der Waals surface area contributed by atoms with E-state index in [1.54, 1.807) is 19.2 Å². The largest absolute Gasteiger partial charge is 0.493 e. The summed E-state index contributed by atoms with van der Waals surface area (Å²) in [5.74, 6) is 0.757. The molecular formula is C19H30Cl2N2O4. The minimum absolute atomic E-state index is 0. The molecule has 27 heavy (non-hydrogen) atoms. The van der Waals surface area contributed by atoms with Crippen LogP contribution in [0.3, 0.4) is 0 Å². The number of hydrogen-bond donors (Lipinski definition) is 2. The predicted molar refractivity (Wildman–Crippen MR) is 110 cm³/mol. The van der Waals surface area contributed by atoms with Crippen molar-refractivity contribution in [3.05, 3.63) is 22.7 Å². The Bertz CT molecular complexity index is 602. The quantitative estimate of drug-likeness (QED) is 0.641. The Labute approximate surface area is 172 Å². The van der Waals surface area contributed by atoms with Gasteiger partial charge >= 0.3 is 0 Å². The van der Waals surface area contributed by atoms with E-state index in [-0.39, 0.29) is 23.7 Å². The Kier molecular flexibility index (Phi) is 10.2. The monoisotopic (exact) mass is 420 g/mol. The topological polar surface area (TPSA) is 68.8 Å². The minimum Gasteiger partial charge on any atom is -0.493 e. The van der Waals surface area contributed by atoms with E-state index in [1.807, 2.05) is 6.92 Å². The number of methoxy groups -OCH3 is 2. The van der Waals surface area contributed by atoms with Crippen molar-refractivity contribution >= 4 is 29.9 Å². The highest BCUT2D eigenvalue weighted by Gasteiger charge is 2.32. The third-order valence-corrected chi connectivity index (χ3v) is 4.96. The van der Waals surface area contributed by atoms with Crippen LogP contribution in [0.4, 0.5) is 0 Å². The van der Waals surface area contributed by atoms with E-state index in [4.69, 9.17) is 25.8 Å². The molecular weight excluding hydrogens is 391 g/mol. The third kappa shape index (κ3) is 6.42. The molecule has 0 aliphatic carbocycles. The number of halogens is 2. The van der Waals surface area contributed by atoms with Gasteiger partial charge in [0, 0.05) is 24.6 Å². The summed E-state index contributed by atoms with van der Waals surface area (Å²) >= 11 is 6.31. The van der Waals surface area contributed by atoms with Crippen LogP contribution in [-0.2, 0) is 4.74 Å². The van der Waals surface area contributed by atoms with Crippen LogP contribution < -0.4 is 20.1 Å². The highest BCUT2D eigenvalue weighted by Crippen LogP contribution is 2.36. The Morgan fingerprint density at radius 2 is 2.00 bits per heavy atom. The first-order valence-corrected chi connectivity index (χ1v) is 9.41. The number of nitrogens with one attached hydrogen (secondary N) is 2. The first-order chi connectivity index (χ1) is 12.5. The fourth-order valence-corrected chi connectivity index (χ4v) is 3.47. The number of ether oxygens (including phenoxy) is 3. The molecule has 0 unspecified atom stereocenters. The van der Waals surface area contributed by atoms with Crippen LogP contribution in [0.15, 0.2) is 12.1 Å². The zero-order valence-corrected chi connectivity index (χ0v) is 17.8. The summed E-state index contributed by atoms with van der Waals surface area (Å²) in [6.07, 6.45) is 2.79. The van der Waals surface area contributed by atoms with Crippen LogP contribution in [0, 0.1) is 5.41 Å². The molecule has 1 aromatic rings. The molecule has 0 atom stereocenters. The SMILES string of the molecule is CCCOc1c(Cl)cc(C(=O)NCC2(COC)CCNCC2)cc1OC.Cl. The van der Waals surface area contributed by atoms with Crippen LogP contribution >= 0.6 is 24.0 Å². The van der Waals surface area contributed by atoms with Gasteiger partial charge < -0.3 is 24.8 Å². The molecule has 0 bridgehead atoms. The van der Waals surface area contributed by atoms with Crippen molar-refractivity contribution in [1.82, 2.24) is 10.6 Å². The van der Waals surface area contributed by atoms with Crippen molar-refractivity contribution in [3.8, 4) is 11.5 Å². The van der Waals surface area contributed by atoms with Crippen molar-refractivity contribution in [2.45, 2.75) is 26.2 Å². The molecule has 0 aromatic heterocycles. The van der Waals surface area contributed by atoms with Crippen LogP contribution in [0.1, 0.15) is 36.5 Å². The van der Waals surface area contributed by atoms with Crippen molar-refractivity contribution < 1.29 is 19.0 Å². The molecule has 8 heteroatoms. The average Bonchev–Trinajstić information content (AvgIpc) is 2.65. The van der Waals surface area contributed by atoms with Gasteiger partial charge in [-0.3, -0.25) is 4.79 Å². The highest BCUT2D eigenvalue weighted by atomic mass is 35.5. The van der Waals surface area contributed by atoms with E-state index < -0.39 is 0 Å². The van der Waals surface area contributed by atoms with Gasteiger partial charge in [0.2, 0.25) is 0 Å². The molecule has 1 aliphatic heterocycles. The molecule has 0 radical (unpaired) electrons. The Hall–Kier alpha value is -1.21. The van der Waals surface area contributed by atoms with Gasteiger partial charge in [-0.25, -0.2) is 0 Å². The molecule has 1 aliphatic rings. The summed E-state index contributed by atoms with van der Waals surface area (Å²) < 4.78 is 16.4. The Balaban J connectivity index is 0.00000364. The summed E-state index contributed by atoms with van der Waals surface area (Å²) in [5.41, 5.74) is 0.422. The lowest BCUT2D eigenvalue weighted by molar-refractivity contribution is 0.0511. The van der Waals surface area contributed by atoms with Gasteiger partial charge in [-0.05, 0) is 44.5 Å². The average molecular weight is 421 g/mol. The van der Waals surface area contributed by atoms with E-state index in [1.165, 1.54) is 7.11 Å². The Morgan fingerprint density at radius 3 is 2.59 bits per heavy atom. The Morgan fingerprint density at radius 1 is 1.30 bits per heavy atom. The molecule has 1 amide bonds. The zero-order chi connectivity index (χ0) is 19.0. The zero-order valence-electron chi connectivity index (χ0n) is 16.2. The second-order valence-electron chi connectivity index (χ2n) is 6.70. The maximum atomic E-state index is 12.7. The van der Waals surface area contributed by atoms with Crippen LogP contribution in [-0.4, -0.2) is 53.0 Å². The van der Waals surface area contributed by atoms with Gasteiger partial charge in [-0.2, -0.15) is 0 Å². The molecule has 1 aromatic carbocycles. The van der Waals surface area contributed by atoms with Crippen molar-refractivity contribution in [2.75, 3.05) is 47.1 Å². The first-order valence-electron chi connectivity index (χ1n) is 9.03. The fourth-order valence-electron chi connectivity index (χ4n) is 3.20. The summed E-state index contributed by atoms with van der Waals surface area (Å²) in [4.78, 5) is 12.7. The van der Waals surface area contributed by atoms with E-state index >= 15 is 0 Å². The van der Waals surface area contributed by atoms with Gasteiger partial charge in [0.05, 0.1) is 25.3 Å². The molecule has 1 saturated heterocycles. The van der Waals surface area contributed by atoms with Crippen molar-refractivity contribution in [2.24, 2.45) is 5.41 Å². The second kappa shape index (κ2) is 11.6.